The Bertz CT molecular complexity index is 1290. The van der Waals surface area contributed by atoms with E-state index in [9.17, 15) is 12.8 Å². The van der Waals surface area contributed by atoms with Gasteiger partial charge in [0.1, 0.15) is 22.3 Å². The van der Waals surface area contributed by atoms with Gasteiger partial charge < -0.3 is 9.47 Å². The molecular formula is C26H29FN2O4S. The van der Waals surface area contributed by atoms with Crippen molar-refractivity contribution in [1.29, 1.82) is 0 Å². The number of rotatable bonds is 9. The zero-order chi connectivity index (χ0) is 24.3. The number of hydrogen-bond donors (Lipinski definition) is 0. The lowest BCUT2D eigenvalue weighted by Crippen LogP contribution is -2.08. The minimum atomic E-state index is -3.01. The van der Waals surface area contributed by atoms with Crippen molar-refractivity contribution in [2.45, 2.75) is 39.7 Å². The van der Waals surface area contributed by atoms with Crippen LogP contribution in [0.5, 0.6) is 11.8 Å². The summed E-state index contributed by atoms with van der Waals surface area (Å²) in [4.78, 5) is 8.70. The fraction of sp³-hybridized carbons (Fsp3) is 0.385. The summed E-state index contributed by atoms with van der Waals surface area (Å²) in [6.07, 6.45) is 7.21. The maximum atomic E-state index is 14.5. The third-order valence-electron chi connectivity index (χ3n) is 5.92. The molecule has 0 saturated heterocycles. The van der Waals surface area contributed by atoms with E-state index in [1.807, 2.05) is 19.2 Å². The monoisotopic (exact) mass is 484 g/mol. The largest absolute Gasteiger partial charge is 0.478 e. The highest BCUT2D eigenvalue weighted by Gasteiger charge is 2.19. The van der Waals surface area contributed by atoms with E-state index >= 15 is 0 Å². The summed E-state index contributed by atoms with van der Waals surface area (Å²) in [7, 11) is -3.01. The van der Waals surface area contributed by atoms with Crippen LogP contribution in [0.2, 0.25) is 0 Å². The van der Waals surface area contributed by atoms with E-state index < -0.39 is 9.84 Å². The predicted molar refractivity (Wildman–Crippen MR) is 129 cm³/mol. The molecule has 1 unspecified atom stereocenters. The Hall–Kier alpha value is -3.00. The van der Waals surface area contributed by atoms with Crippen molar-refractivity contribution in [2.24, 2.45) is 5.92 Å². The van der Waals surface area contributed by atoms with Gasteiger partial charge in [-0.15, -0.1) is 0 Å². The molecule has 2 aromatic heterocycles. The second-order valence-electron chi connectivity index (χ2n) is 9.07. The number of aryl methyl sites for hydroxylation is 1. The van der Waals surface area contributed by atoms with E-state index in [2.05, 4.69) is 16.9 Å². The molecule has 0 bridgehead atoms. The second kappa shape index (κ2) is 10.1. The molecule has 0 saturated carbocycles. The molecular weight excluding hydrogens is 455 g/mol. The predicted octanol–water partition coefficient (Wildman–Crippen LogP) is 4.72. The second-order valence-corrected chi connectivity index (χ2v) is 11.3. The highest BCUT2D eigenvalue weighted by Crippen LogP contribution is 2.30. The van der Waals surface area contributed by atoms with Crippen molar-refractivity contribution >= 4 is 9.84 Å². The number of halogens is 1. The van der Waals surface area contributed by atoms with E-state index in [-0.39, 0.29) is 24.8 Å². The van der Waals surface area contributed by atoms with Crippen LogP contribution in [0, 0.1) is 18.7 Å². The normalized spacial score (nSPS) is 15.2. The fourth-order valence-electron chi connectivity index (χ4n) is 4.19. The highest BCUT2D eigenvalue weighted by atomic mass is 32.2. The van der Waals surface area contributed by atoms with Gasteiger partial charge in [-0.1, -0.05) is 13.0 Å². The van der Waals surface area contributed by atoms with E-state index in [1.165, 1.54) is 23.4 Å². The summed E-state index contributed by atoms with van der Waals surface area (Å²) in [5.41, 5.74) is 5.55. The van der Waals surface area contributed by atoms with Crippen LogP contribution < -0.4 is 9.47 Å². The summed E-state index contributed by atoms with van der Waals surface area (Å²) in [5.74, 6) is 1.28. The Labute approximate surface area is 200 Å². The summed E-state index contributed by atoms with van der Waals surface area (Å²) >= 11 is 0. The first kappa shape index (κ1) is 24.1. The molecule has 34 heavy (non-hydrogen) atoms. The van der Waals surface area contributed by atoms with Gasteiger partial charge in [-0.25, -0.2) is 22.8 Å². The molecule has 0 spiro atoms. The number of nitrogens with zero attached hydrogens (tertiary/aromatic N) is 2. The lowest BCUT2D eigenvalue weighted by molar-refractivity contribution is 0.288. The Balaban J connectivity index is 1.43. The number of sulfone groups is 1. The molecule has 0 amide bonds. The molecule has 8 heteroatoms. The van der Waals surface area contributed by atoms with Crippen molar-refractivity contribution in [3.63, 3.8) is 0 Å². The molecule has 1 atom stereocenters. The van der Waals surface area contributed by atoms with Gasteiger partial charge in [0.15, 0.2) is 0 Å². The molecule has 4 rings (SSSR count). The molecule has 0 aliphatic heterocycles. The first-order valence-corrected chi connectivity index (χ1v) is 13.4. The molecule has 0 fully saturated rings. The first-order chi connectivity index (χ1) is 16.2. The Morgan fingerprint density at radius 3 is 2.53 bits per heavy atom. The van der Waals surface area contributed by atoms with Gasteiger partial charge in [-0.3, -0.25) is 0 Å². The van der Waals surface area contributed by atoms with E-state index in [1.54, 1.807) is 24.4 Å². The molecule has 1 aliphatic carbocycles. The Morgan fingerprint density at radius 2 is 1.76 bits per heavy atom. The van der Waals surface area contributed by atoms with Crippen molar-refractivity contribution < 1.29 is 22.3 Å². The van der Waals surface area contributed by atoms with Crippen molar-refractivity contribution in [2.75, 3.05) is 18.6 Å². The SMILES string of the molecule is Cc1cc(OCCCS(C)(=O)=O)ncc1-c1ccc(F)c(COc2cc3c(cn2)CC(C)C3)c1. The molecule has 2 heterocycles. The lowest BCUT2D eigenvalue weighted by Gasteiger charge is -2.12. The Morgan fingerprint density at radius 1 is 1.03 bits per heavy atom. The van der Waals surface area contributed by atoms with E-state index in [4.69, 9.17) is 9.47 Å². The van der Waals surface area contributed by atoms with Gasteiger partial charge in [0.25, 0.3) is 0 Å². The van der Waals surface area contributed by atoms with Gasteiger partial charge >= 0.3 is 0 Å². The van der Waals surface area contributed by atoms with Crippen LogP contribution in [-0.2, 0) is 29.3 Å². The standard InChI is InChI=1S/C26H29FN2O4S/c1-17-9-20-13-26(28-14-21(20)10-17)33-16-22-12-19(5-6-24(22)27)23-15-29-25(11-18(23)2)32-7-4-8-34(3,30)31/h5-6,11-15,17H,4,7-10,16H2,1-3H3. The lowest BCUT2D eigenvalue weighted by atomic mass is 10.0. The zero-order valence-electron chi connectivity index (χ0n) is 19.7. The summed E-state index contributed by atoms with van der Waals surface area (Å²) < 4.78 is 48.3. The minimum absolute atomic E-state index is 0.0740. The van der Waals surface area contributed by atoms with Crippen LogP contribution in [-0.4, -0.2) is 37.0 Å². The highest BCUT2D eigenvalue weighted by molar-refractivity contribution is 7.90. The minimum Gasteiger partial charge on any atom is -0.478 e. The van der Waals surface area contributed by atoms with Crippen LogP contribution in [0.3, 0.4) is 0 Å². The molecule has 3 aromatic rings. The number of pyridine rings is 2. The molecule has 180 valence electrons. The number of benzene rings is 1. The summed E-state index contributed by atoms with van der Waals surface area (Å²) in [6, 6.07) is 8.67. The van der Waals surface area contributed by atoms with Crippen LogP contribution >= 0.6 is 0 Å². The average Bonchev–Trinajstić information content (AvgIpc) is 3.15. The topological polar surface area (TPSA) is 78.4 Å². The van der Waals surface area contributed by atoms with Gasteiger partial charge in [0.2, 0.25) is 11.8 Å². The maximum Gasteiger partial charge on any atom is 0.213 e. The number of ether oxygens (including phenoxy) is 2. The quantitative estimate of drug-likeness (QED) is 0.409. The van der Waals surface area contributed by atoms with Crippen molar-refractivity contribution in [1.82, 2.24) is 9.97 Å². The van der Waals surface area contributed by atoms with Crippen LogP contribution in [0.25, 0.3) is 11.1 Å². The molecule has 6 nitrogen and oxygen atoms in total. The Kier molecular flexibility index (Phi) is 7.16. The fourth-order valence-corrected chi connectivity index (χ4v) is 4.84. The van der Waals surface area contributed by atoms with Gasteiger partial charge in [-0.2, -0.15) is 0 Å². The smallest absolute Gasteiger partial charge is 0.213 e. The number of hydrogen-bond acceptors (Lipinski definition) is 6. The van der Waals surface area contributed by atoms with Gasteiger partial charge in [0, 0.05) is 41.9 Å². The van der Waals surface area contributed by atoms with E-state index in [0.717, 1.165) is 29.5 Å². The zero-order valence-corrected chi connectivity index (χ0v) is 20.5. The molecule has 0 radical (unpaired) electrons. The summed E-state index contributed by atoms with van der Waals surface area (Å²) in [6.45, 7) is 4.49. The summed E-state index contributed by atoms with van der Waals surface area (Å²) in [5, 5.41) is 0. The third-order valence-corrected chi connectivity index (χ3v) is 6.95. The van der Waals surface area contributed by atoms with Crippen molar-refractivity contribution in [3.05, 3.63) is 70.8 Å². The van der Waals surface area contributed by atoms with Crippen LogP contribution in [0.4, 0.5) is 4.39 Å². The average molecular weight is 485 g/mol. The van der Waals surface area contributed by atoms with Gasteiger partial charge in [-0.05, 0) is 66.5 Å². The molecule has 1 aliphatic rings. The third kappa shape index (κ3) is 6.11. The maximum absolute atomic E-state index is 14.5. The van der Waals surface area contributed by atoms with Gasteiger partial charge in [0.05, 0.1) is 12.4 Å². The molecule has 0 N–H and O–H groups in total. The molecule has 1 aromatic carbocycles. The number of aromatic nitrogens is 2. The van der Waals surface area contributed by atoms with E-state index in [0.29, 0.717) is 29.7 Å². The number of fused-ring (bicyclic) bond motifs is 1. The van der Waals surface area contributed by atoms with Crippen LogP contribution in [0.15, 0.2) is 42.7 Å². The van der Waals surface area contributed by atoms with Crippen molar-refractivity contribution in [3.8, 4) is 22.9 Å². The first-order valence-electron chi connectivity index (χ1n) is 11.3. The van der Waals surface area contributed by atoms with Crippen LogP contribution in [0.1, 0.15) is 35.6 Å².